The van der Waals surface area contributed by atoms with Crippen LogP contribution in [0.3, 0.4) is 0 Å². The van der Waals surface area contributed by atoms with E-state index in [1.165, 1.54) is 96.1 Å². The Labute approximate surface area is 149 Å². The molecule has 0 bridgehead atoms. The van der Waals surface area contributed by atoms with E-state index in [9.17, 15) is 0 Å². The fourth-order valence-electron chi connectivity index (χ4n) is 3.79. The fraction of sp³-hybridized carbons (Fsp3) is 1.00. The van der Waals surface area contributed by atoms with Crippen LogP contribution in [0, 0.1) is 0 Å². The molecule has 0 nitrogen and oxygen atoms in total. The molecular weight excluding hydrogens is 295 g/mol. The summed E-state index contributed by atoms with van der Waals surface area (Å²) >= 11 is 0. The quantitative estimate of drug-likeness (QED) is 0.173. The van der Waals surface area contributed by atoms with Gasteiger partial charge >= 0.3 is 0 Å². The van der Waals surface area contributed by atoms with Gasteiger partial charge in [-0.15, -0.1) is 0 Å². The summed E-state index contributed by atoms with van der Waals surface area (Å²) in [6.07, 6.45) is 26.9. The lowest BCUT2D eigenvalue weighted by atomic mass is 10.2. The summed E-state index contributed by atoms with van der Waals surface area (Å²) in [4.78, 5) is 0. The second-order valence-electron chi connectivity index (χ2n) is 7.72. The van der Waals surface area contributed by atoms with E-state index in [1.807, 2.05) is 0 Å². The molecule has 0 aromatic carbocycles. The minimum atomic E-state index is -0.615. The first-order valence-corrected chi connectivity index (χ1v) is 13.6. The van der Waals surface area contributed by atoms with Crippen molar-refractivity contribution in [2.24, 2.45) is 0 Å². The molecule has 0 atom stereocenters. The molecule has 0 N–H and O–H groups in total. The van der Waals surface area contributed by atoms with Crippen molar-refractivity contribution in [1.29, 1.82) is 0 Å². The predicted molar refractivity (Wildman–Crippen MR) is 114 cm³/mol. The van der Waals surface area contributed by atoms with Crippen LogP contribution in [-0.2, 0) is 0 Å². The van der Waals surface area contributed by atoms with Crippen LogP contribution in [0.2, 0.25) is 0 Å². The Morgan fingerprint density at radius 2 is 0.696 bits per heavy atom. The molecule has 0 aliphatic carbocycles. The zero-order chi connectivity index (χ0) is 17.2. The highest BCUT2D eigenvalue weighted by Gasteiger charge is 2.33. The maximum Gasteiger partial charge on any atom is 0.0594 e. The van der Waals surface area contributed by atoms with Crippen LogP contribution < -0.4 is 0 Å². The van der Waals surface area contributed by atoms with E-state index in [-0.39, 0.29) is 0 Å². The molecule has 0 rings (SSSR count). The van der Waals surface area contributed by atoms with E-state index in [4.69, 9.17) is 0 Å². The van der Waals surface area contributed by atoms with Crippen LogP contribution in [0.1, 0.15) is 118 Å². The molecule has 1 heteroatoms. The molecule has 0 aromatic heterocycles. The molecule has 0 saturated heterocycles. The van der Waals surface area contributed by atoms with Gasteiger partial charge in [0.05, 0.1) is 24.6 Å². The summed E-state index contributed by atoms with van der Waals surface area (Å²) in [5.74, 6) is 0. The van der Waals surface area contributed by atoms with Crippen molar-refractivity contribution in [1.82, 2.24) is 0 Å². The Balaban J connectivity index is 4.22. The number of hydrogen-bond acceptors (Lipinski definition) is 0. The lowest BCUT2D eigenvalue weighted by molar-refractivity contribution is 0.648. The second-order valence-corrected chi connectivity index (χ2v) is 12.4. The highest BCUT2D eigenvalue weighted by Crippen LogP contribution is 2.60. The molecule has 0 aromatic rings. The Bertz CT molecular complexity index is 210. The van der Waals surface area contributed by atoms with Crippen LogP contribution >= 0.6 is 7.26 Å². The topological polar surface area (TPSA) is 0 Å². The SMILES string of the molecule is CCCCCCC[P+](CC)(CCCCCC)CCCCCCC. The van der Waals surface area contributed by atoms with Gasteiger partial charge in [0.15, 0.2) is 0 Å². The zero-order valence-electron chi connectivity index (χ0n) is 17.2. The van der Waals surface area contributed by atoms with Crippen molar-refractivity contribution in [2.45, 2.75) is 118 Å². The van der Waals surface area contributed by atoms with Gasteiger partial charge in [0.1, 0.15) is 0 Å². The van der Waals surface area contributed by atoms with E-state index in [0.717, 1.165) is 0 Å². The van der Waals surface area contributed by atoms with Crippen molar-refractivity contribution < 1.29 is 0 Å². The maximum absolute atomic E-state index is 2.52. The minimum absolute atomic E-state index is 0.615. The third-order valence-corrected chi connectivity index (χ3v) is 10.8. The van der Waals surface area contributed by atoms with Crippen LogP contribution in [0.5, 0.6) is 0 Å². The van der Waals surface area contributed by atoms with Gasteiger partial charge in [-0.25, -0.2) is 0 Å². The smallest absolute Gasteiger partial charge is 0.0594 e. The van der Waals surface area contributed by atoms with Crippen molar-refractivity contribution in [3.8, 4) is 0 Å². The standard InChI is InChI=1S/C22H48P/c1-5-9-12-15-18-21-23(8-4,20-17-14-11-7-3)22-19-16-13-10-6-2/h5-22H2,1-4H3/q+1. The summed E-state index contributed by atoms with van der Waals surface area (Å²) < 4.78 is 0. The molecule has 23 heavy (non-hydrogen) atoms. The van der Waals surface area contributed by atoms with Gasteiger partial charge in [-0.2, -0.15) is 0 Å². The Kier molecular flexibility index (Phi) is 17.6. The molecule has 0 saturated carbocycles. The highest BCUT2D eigenvalue weighted by molar-refractivity contribution is 7.75. The van der Waals surface area contributed by atoms with E-state index >= 15 is 0 Å². The van der Waals surface area contributed by atoms with Crippen LogP contribution in [0.4, 0.5) is 0 Å². The van der Waals surface area contributed by atoms with E-state index in [2.05, 4.69) is 27.7 Å². The molecule has 0 fully saturated rings. The fourth-order valence-corrected chi connectivity index (χ4v) is 8.09. The third-order valence-electron chi connectivity index (χ3n) is 5.63. The van der Waals surface area contributed by atoms with Crippen molar-refractivity contribution in [3.05, 3.63) is 0 Å². The van der Waals surface area contributed by atoms with Gasteiger partial charge in [-0.1, -0.05) is 72.1 Å². The Morgan fingerprint density at radius 3 is 1.00 bits per heavy atom. The van der Waals surface area contributed by atoms with Crippen molar-refractivity contribution >= 4 is 7.26 Å². The van der Waals surface area contributed by atoms with Gasteiger partial charge < -0.3 is 0 Å². The van der Waals surface area contributed by atoms with Crippen LogP contribution in [0.25, 0.3) is 0 Å². The average Bonchev–Trinajstić information content (AvgIpc) is 2.57. The molecule has 0 spiro atoms. The first kappa shape index (κ1) is 23.4. The lowest BCUT2D eigenvalue weighted by Gasteiger charge is -2.27. The number of hydrogen-bond donors (Lipinski definition) is 0. The molecular formula is C22H48P+. The van der Waals surface area contributed by atoms with Gasteiger partial charge in [-0.3, -0.25) is 0 Å². The summed E-state index contributed by atoms with van der Waals surface area (Å²) in [6.45, 7) is 9.51. The first-order valence-electron chi connectivity index (χ1n) is 11.1. The van der Waals surface area contributed by atoms with Crippen LogP contribution in [0.15, 0.2) is 0 Å². The molecule has 0 unspecified atom stereocenters. The van der Waals surface area contributed by atoms with E-state index in [1.54, 1.807) is 18.5 Å². The zero-order valence-corrected chi connectivity index (χ0v) is 18.1. The normalized spacial score (nSPS) is 12.0. The largest absolute Gasteiger partial charge is 0.0654 e. The highest BCUT2D eigenvalue weighted by atomic mass is 31.2. The summed E-state index contributed by atoms with van der Waals surface area (Å²) in [5.41, 5.74) is 0. The first-order chi connectivity index (χ1) is 11.2. The molecule has 0 aliphatic heterocycles. The Hall–Kier alpha value is 0.430. The lowest BCUT2D eigenvalue weighted by Crippen LogP contribution is -2.11. The maximum atomic E-state index is 2.52. The monoisotopic (exact) mass is 343 g/mol. The van der Waals surface area contributed by atoms with Gasteiger partial charge in [-0.05, 0) is 45.4 Å². The molecule has 0 aliphatic rings. The second kappa shape index (κ2) is 17.3. The van der Waals surface area contributed by atoms with Gasteiger partial charge in [0.25, 0.3) is 0 Å². The van der Waals surface area contributed by atoms with Gasteiger partial charge in [0, 0.05) is 7.26 Å². The third kappa shape index (κ3) is 13.4. The summed E-state index contributed by atoms with van der Waals surface area (Å²) in [7, 11) is -0.615. The minimum Gasteiger partial charge on any atom is -0.0654 e. The Morgan fingerprint density at radius 1 is 0.391 bits per heavy atom. The van der Waals surface area contributed by atoms with Crippen molar-refractivity contribution in [3.63, 3.8) is 0 Å². The van der Waals surface area contributed by atoms with Crippen molar-refractivity contribution in [2.75, 3.05) is 24.6 Å². The number of rotatable bonds is 18. The average molecular weight is 344 g/mol. The molecule has 0 radical (unpaired) electrons. The van der Waals surface area contributed by atoms with Gasteiger partial charge in [0.2, 0.25) is 0 Å². The molecule has 140 valence electrons. The number of unbranched alkanes of at least 4 members (excludes halogenated alkanes) is 11. The molecule has 0 amide bonds. The summed E-state index contributed by atoms with van der Waals surface area (Å²) in [5, 5.41) is 0. The van der Waals surface area contributed by atoms with Crippen LogP contribution in [-0.4, -0.2) is 24.6 Å². The molecule has 0 heterocycles. The van der Waals surface area contributed by atoms with E-state index in [0.29, 0.717) is 0 Å². The summed E-state index contributed by atoms with van der Waals surface area (Å²) in [6, 6.07) is 0. The van der Waals surface area contributed by atoms with E-state index < -0.39 is 7.26 Å². The predicted octanol–water partition coefficient (Wildman–Crippen LogP) is 8.55.